The van der Waals surface area contributed by atoms with Crippen molar-refractivity contribution in [1.29, 1.82) is 0 Å². The lowest BCUT2D eigenvalue weighted by molar-refractivity contribution is -0.149. The minimum absolute atomic E-state index is 0.00433. The first-order valence-electron chi connectivity index (χ1n) is 8.70. The van der Waals surface area contributed by atoms with Crippen molar-refractivity contribution in [3.05, 3.63) is 34.9 Å². The van der Waals surface area contributed by atoms with E-state index in [0.717, 1.165) is 11.8 Å². The number of halogens is 1. The maximum absolute atomic E-state index is 12.9. The van der Waals surface area contributed by atoms with Gasteiger partial charge in [0, 0.05) is 41.6 Å². The van der Waals surface area contributed by atoms with Crippen LogP contribution in [0.5, 0.6) is 0 Å². The summed E-state index contributed by atoms with van der Waals surface area (Å²) in [7, 11) is 0. The highest BCUT2D eigenvalue weighted by Gasteiger charge is 2.39. The molecule has 1 heterocycles. The van der Waals surface area contributed by atoms with Gasteiger partial charge in [-0.3, -0.25) is 14.4 Å². The van der Waals surface area contributed by atoms with Gasteiger partial charge in [0.25, 0.3) is 0 Å². The lowest BCUT2D eigenvalue weighted by Crippen LogP contribution is -2.45. The van der Waals surface area contributed by atoms with Crippen molar-refractivity contribution in [2.24, 2.45) is 5.92 Å². The fourth-order valence-electron chi connectivity index (χ4n) is 3.18. The summed E-state index contributed by atoms with van der Waals surface area (Å²) in [5.41, 5.74) is 0.456. The van der Waals surface area contributed by atoms with Crippen LogP contribution in [-0.2, 0) is 14.4 Å². The highest BCUT2D eigenvalue weighted by molar-refractivity contribution is 8.14. The van der Waals surface area contributed by atoms with E-state index >= 15 is 0 Å². The third-order valence-corrected chi connectivity index (χ3v) is 6.10. The smallest absolute Gasteiger partial charge is 0.326 e. The highest BCUT2D eigenvalue weighted by Crippen LogP contribution is 2.29. The van der Waals surface area contributed by atoms with E-state index < -0.39 is 23.2 Å². The summed E-state index contributed by atoms with van der Waals surface area (Å²) in [6.45, 7) is 3.41. The third kappa shape index (κ3) is 5.56. The first-order chi connectivity index (χ1) is 12.7. The van der Waals surface area contributed by atoms with Gasteiger partial charge in [-0.15, -0.1) is 0 Å². The third-order valence-electron chi connectivity index (χ3n) is 4.64. The van der Waals surface area contributed by atoms with Crippen molar-refractivity contribution < 1.29 is 24.3 Å². The second-order valence-electron chi connectivity index (χ2n) is 6.60. The molecule has 1 aliphatic rings. The van der Waals surface area contributed by atoms with Gasteiger partial charge in [-0.05, 0) is 37.1 Å². The van der Waals surface area contributed by atoms with Crippen molar-refractivity contribution in [2.75, 3.05) is 6.54 Å². The summed E-state index contributed by atoms with van der Waals surface area (Å²) in [5.74, 6) is -2.21. The number of carbonyl (C=O) groups is 4. The molecule has 1 N–H and O–H groups in total. The van der Waals surface area contributed by atoms with Gasteiger partial charge in [-0.2, -0.15) is 0 Å². The normalized spacial score (nSPS) is 18.8. The van der Waals surface area contributed by atoms with Crippen LogP contribution in [0.1, 0.15) is 43.5 Å². The number of hydrogen-bond donors (Lipinski definition) is 1. The molecule has 27 heavy (non-hydrogen) atoms. The largest absolute Gasteiger partial charge is 0.480 e. The molecule has 2 rings (SSSR count). The predicted molar refractivity (Wildman–Crippen MR) is 104 cm³/mol. The van der Waals surface area contributed by atoms with E-state index in [4.69, 9.17) is 11.6 Å². The minimum Gasteiger partial charge on any atom is -0.480 e. The summed E-state index contributed by atoms with van der Waals surface area (Å²) < 4.78 is 0. The maximum atomic E-state index is 12.9. The highest BCUT2D eigenvalue weighted by atomic mass is 35.5. The monoisotopic (exact) mass is 411 g/mol. The number of Topliss-reactive ketones (excluding diaryl/α,β-unsaturated/α-hetero) is 1. The Kier molecular flexibility index (Phi) is 7.44. The Morgan fingerprint density at radius 2 is 1.89 bits per heavy atom. The lowest BCUT2D eigenvalue weighted by Gasteiger charge is -2.28. The molecule has 0 aliphatic carbocycles. The molecule has 3 atom stereocenters. The average molecular weight is 412 g/mol. The van der Waals surface area contributed by atoms with E-state index in [9.17, 15) is 24.3 Å². The van der Waals surface area contributed by atoms with Crippen molar-refractivity contribution in [3.63, 3.8) is 0 Å². The Morgan fingerprint density at radius 3 is 2.44 bits per heavy atom. The summed E-state index contributed by atoms with van der Waals surface area (Å²) in [6, 6.07) is 5.59. The molecule has 0 saturated carbocycles. The Balaban J connectivity index is 2.15. The summed E-state index contributed by atoms with van der Waals surface area (Å²) in [6.07, 6.45) is 1.05. The van der Waals surface area contributed by atoms with Gasteiger partial charge in [-0.25, -0.2) is 4.79 Å². The van der Waals surface area contributed by atoms with E-state index in [0.29, 0.717) is 30.0 Å². The van der Waals surface area contributed by atoms with Crippen LogP contribution < -0.4 is 0 Å². The van der Waals surface area contributed by atoms with Gasteiger partial charge < -0.3 is 10.0 Å². The zero-order valence-electron chi connectivity index (χ0n) is 15.2. The van der Waals surface area contributed by atoms with Gasteiger partial charge in [0.05, 0.1) is 0 Å². The van der Waals surface area contributed by atoms with Crippen molar-refractivity contribution in [3.8, 4) is 0 Å². The summed E-state index contributed by atoms with van der Waals surface area (Å²) >= 11 is 6.79. The molecule has 6 nitrogen and oxygen atoms in total. The predicted octanol–water partition coefficient (Wildman–Crippen LogP) is 3.27. The van der Waals surface area contributed by atoms with Crippen molar-refractivity contribution in [1.82, 2.24) is 4.90 Å². The fourth-order valence-corrected chi connectivity index (χ4v) is 4.29. The standard InChI is InChI=1S/C19H22ClNO5S/c1-11(18(24)21-9-3-4-15(21)19(25)26)17(27-12(2)22)10-16(23)13-5-7-14(20)8-6-13/h5-8,11,15,17H,3-4,9-10H2,1-2H3,(H,25,26)/t11-,15-,17-/m0/s1. The Hall–Kier alpha value is -1.86. The van der Waals surface area contributed by atoms with Crippen molar-refractivity contribution in [2.45, 2.75) is 44.4 Å². The second-order valence-corrected chi connectivity index (χ2v) is 8.45. The van der Waals surface area contributed by atoms with Crippen LogP contribution in [0.2, 0.25) is 5.02 Å². The van der Waals surface area contributed by atoms with E-state index in [1.54, 1.807) is 31.2 Å². The number of likely N-dealkylation sites (tertiary alicyclic amines) is 1. The molecule has 1 aliphatic heterocycles. The maximum Gasteiger partial charge on any atom is 0.326 e. The average Bonchev–Trinajstić information content (AvgIpc) is 3.10. The molecule has 0 radical (unpaired) electrons. The van der Waals surface area contributed by atoms with E-state index in [-0.39, 0.29) is 23.2 Å². The number of hydrogen-bond acceptors (Lipinski definition) is 5. The van der Waals surface area contributed by atoms with E-state index in [1.807, 2.05) is 0 Å². The Morgan fingerprint density at radius 1 is 1.26 bits per heavy atom. The molecule has 1 aromatic rings. The van der Waals surface area contributed by atoms with Crippen LogP contribution >= 0.6 is 23.4 Å². The van der Waals surface area contributed by atoms with Gasteiger partial charge >= 0.3 is 5.97 Å². The van der Waals surface area contributed by atoms with Crippen LogP contribution in [-0.4, -0.2) is 50.6 Å². The molecule has 1 saturated heterocycles. The first-order valence-corrected chi connectivity index (χ1v) is 9.95. The van der Waals surface area contributed by atoms with Crippen molar-refractivity contribution >= 4 is 46.1 Å². The summed E-state index contributed by atoms with van der Waals surface area (Å²) in [5, 5.41) is 9.05. The lowest BCUT2D eigenvalue weighted by atomic mass is 9.98. The van der Waals surface area contributed by atoms with Gasteiger partial charge in [-0.1, -0.05) is 30.3 Å². The number of ketones is 1. The van der Waals surface area contributed by atoms with Crippen LogP contribution in [0.3, 0.4) is 0 Å². The SMILES string of the molecule is CC(=O)S[C@@H](CC(=O)c1ccc(Cl)cc1)[C@H](C)C(=O)N1CCC[C@H]1C(=O)O. The number of aliphatic carboxylic acids is 1. The number of carbonyl (C=O) groups excluding carboxylic acids is 3. The molecule has 0 bridgehead atoms. The van der Waals surface area contributed by atoms with Gasteiger partial charge in [0.2, 0.25) is 5.91 Å². The quantitative estimate of drug-likeness (QED) is 0.692. The topological polar surface area (TPSA) is 91.8 Å². The van der Waals surface area contributed by atoms with Crippen LogP contribution in [0.4, 0.5) is 0 Å². The molecular formula is C19H22ClNO5S. The van der Waals surface area contributed by atoms with Gasteiger partial charge in [0.15, 0.2) is 10.9 Å². The van der Waals surface area contributed by atoms with Crippen LogP contribution in [0, 0.1) is 5.92 Å². The van der Waals surface area contributed by atoms with Gasteiger partial charge in [0.1, 0.15) is 6.04 Å². The molecule has 146 valence electrons. The van der Waals surface area contributed by atoms with E-state index in [2.05, 4.69) is 0 Å². The molecule has 0 spiro atoms. The zero-order valence-corrected chi connectivity index (χ0v) is 16.8. The fraction of sp³-hybridized carbons (Fsp3) is 0.474. The number of carboxylic acid groups (broad SMARTS) is 1. The molecule has 0 unspecified atom stereocenters. The molecule has 1 aromatic carbocycles. The van der Waals surface area contributed by atoms with Crippen LogP contribution in [0.25, 0.3) is 0 Å². The molecule has 1 fully saturated rings. The number of benzene rings is 1. The number of rotatable bonds is 7. The van der Waals surface area contributed by atoms with Crippen LogP contribution in [0.15, 0.2) is 24.3 Å². The first kappa shape index (κ1) is 21.4. The Labute approximate surface area is 167 Å². The Bertz CT molecular complexity index is 736. The number of nitrogens with zero attached hydrogens (tertiary/aromatic N) is 1. The molecule has 8 heteroatoms. The zero-order chi connectivity index (χ0) is 20.1. The van der Waals surface area contributed by atoms with E-state index in [1.165, 1.54) is 11.8 Å². The second kappa shape index (κ2) is 9.37. The number of amides is 1. The minimum atomic E-state index is -1.03. The molecular weight excluding hydrogens is 390 g/mol. The number of carboxylic acids is 1. The summed E-state index contributed by atoms with van der Waals surface area (Å²) in [4.78, 5) is 49.8. The molecule has 0 aromatic heterocycles. The molecule has 1 amide bonds. The number of thioether (sulfide) groups is 1.